The molecule has 1 atom stereocenters. The monoisotopic (exact) mass is 308 g/mol. The number of para-hydroxylation sites is 1. The lowest BCUT2D eigenvalue weighted by Crippen LogP contribution is -2.50. The van der Waals surface area contributed by atoms with Gasteiger partial charge in [0.1, 0.15) is 12.6 Å². The Bertz CT molecular complexity index is 578. The van der Waals surface area contributed by atoms with Crippen molar-refractivity contribution in [3.63, 3.8) is 0 Å². The second kappa shape index (κ2) is 5.85. The molecule has 112 valence electrons. The molecule has 1 amide bonds. The van der Waals surface area contributed by atoms with Crippen LogP contribution in [0.25, 0.3) is 0 Å². The zero-order valence-electron chi connectivity index (χ0n) is 11.4. The van der Waals surface area contributed by atoms with E-state index in [1.807, 2.05) is 6.07 Å². The van der Waals surface area contributed by atoms with E-state index in [0.717, 1.165) is 11.4 Å². The molecule has 0 saturated carbocycles. The van der Waals surface area contributed by atoms with Crippen LogP contribution in [0.15, 0.2) is 18.2 Å². The number of amides is 1. The molecule has 1 unspecified atom stereocenters. The van der Waals surface area contributed by atoms with E-state index in [-0.39, 0.29) is 5.91 Å². The fourth-order valence-electron chi connectivity index (χ4n) is 2.55. The number of rotatable bonds is 2. The summed E-state index contributed by atoms with van der Waals surface area (Å²) in [5.41, 5.74) is 1.21. The lowest BCUT2D eigenvalue weighted by molar-refractivity contribution is -0.141. The number of carboxylic acids is 1. The van der Waals surface area contributed by atoms with Crippen LogP contribution in [-0.4, -0.2) is 59.1 Å². The van der Waals surface area contributed by atoms with E-state index in [1.165, 1.54) is 4.90 Å². The third-order valence-corrected chi connectivity index (χ3v) is 4.61. The second-order valence-electron chi connectivity index (χ2n) is 4.88. The summed E-state index contributed by atoms with van der Waals surface area (Å²) in [4.78, 5) is 25.5. The van der Waals surface area contributed by atoms with Crippen molar-refractivity contribution in [1.29, 1.82) is 0 Å². The summed E-state index contributed by atoms with van der Waals surface area (Å²) < 4.78 is 5.60. The Morgan fingerprint density at radius 3 is 3.10 bits per heavy atom. The highest BCUT2D eigenvalue weighted by Crippen LogP contribution is 2.33. The summed E-state index contributed by atoms with van der Waals surface area (Å²) in [6.45, 7) is 1.63. The number of benzene rings is 1. The lowest BCUT2D eigenvalue weighted by Gasteiger charge is -2.33. The fraction of sp³-hybridized carbons (Fsp3) is 0.429. The van der Waals surface area contributed by atoms with Crippen molar-refractivity contribution < 1.29 is 19.4 Å². The Kier molecular flexibility index (Phi) is 3.92. The van der Waals surface area contributed by atoms with Gasteiger partial charge in [0.25, 0.3) is 5.91 Å². The van der Waals surface area contributed by atoms with E-state index < -0.39 is 12.0 Å². The number of ether oxygens (including phenoxy) is 1. The van der Waals surface area contributed by atoms with Crippen molar-refractivity contribution in [3.8, 4) is 5.75 Å². The number of anilines is 1. The highest BCUT2D eigenvalue weighted by molar-refractivity contribution is 7.99. The molecule has 2 aliphatic rings. The average Bonchev–Trinajstić information content (AvgIpc) is 2.53. The van der Waals surface area contributed by atoms with E-state index in [1.54, 1.807) is 23.9 Å². The fourth-order valence-corrected chi connectivity index (χ4v) is 3.58. The Labute approximate surface area is 126 Å². The molecule has 2 N–H and O–H groups in total. The molecule has 1 saturated heterocycles. The molecule has 1 fully saturated rings. The second-order valence-corrected chi connectivity index (χ2v) is 6.03. The number of carbonyl (C=O) groups is 2. The van der Waals surface area contributed by atoms with Crippen LogP contribution in [0.4, 0.5) is 5.69 Å². The number of fused-ring (bicyclic) bond motifs is 1. The predicted octanol–water partition coefficient (Wildman–Crippen LogP) is 1.13. The van der Waals surface area contributed by atoms with Crippen LogP contribution in [0.2, 0.25) is 0 Å². The van der Waals surface area contributed by atoms with Crippen molar-refractivity contribution in [2.75, 3.05) is 36.5 Å². The molecule has 1 aromatic rings. The van der Waals surface area contributed by atoms with Gasteiger partial charge in [0.15, 0.2) is 5.75 Å². The summed E-state index contributed by atoms with van der Waals surface area (Å²) in [6, 6.07) is 4.55. The van der Waals surface area contributed by atoms with Crippen molar-refractivity contribution >= 4 is 29.3 Å². The number of carbonyl (C=O) groups excluding carboxylic acids is 1. The van der Waals surface area contributed by atoms with Gasteiger partial charge in [-0.05, 0) is 12.1 Å². The zero-order valence-corrected chi connectivity index (χ0v) is 12.2. The Hall–Kier alpha value is -1.89. The molecule has 1 aromatic carbocycles. The number of carboxylic acid groups (broad SMARTS) is 1. The largest absolute Gasteiger partial charge is 0.489 e. The van der Waals surface area contributed by atoms with Crippen LogP contribution in [-0.2, 0) is 4.79 Å². The topological polar surface area (TPSA) is 78.9 Å². The quantitative estimate of drug-likeness (QED) is 0.853. The third-order valence-electron chi connectivity index (χ3n) is 3.58. The molecule has 7 heteroatoms. The molecule has 2 heterocycles. The SMILES string of the molecule is O=C(O)C1CSCCN1C(=O)c1cccc2c1OCCN2. The van der Waals surface area contributed by atoms with Gasteiger partial charge < -0.3 is 20.1 Å². The first kappa shape index (κ1) is 14.1. The molecule has 0 aliphatic carbocycles. The number of hydrogen-bond donors (Lipinski definition) is 2. The zero-order chi connectivity index (χ0) is 14.8. The van der Waals surface area contributed by atoms with Gasteiger partial charge in [-0.2, -0.15) is 11.8 Å². The molecule has 0 spiro atoms. The van der Waals surface area contributed by atoms with Gasteiger partial charge in [0, 0.05) is 24.6 Å². The van der Waals surface area contributed by atoms with Crippen LogP contribution in [0.5, 0.6) is 5.75 Å². The van der Waals surface area contributed by atoms with Crippen LogP contribution in [0, 0.1) is 0 Å². The summed E-state index contributed by atoms with van der Waals surface area (Å²) >= 11 is 1.56. The van der Waals surface area contributed by atoms with E-state index in [9.17, 15) is 14.7 Å². The highest BCUT2D eigenvalue weighted by atomic mass is 32.2. The summed E-state index contributed by atoms with van der Waals surface area (Å²) in [5.74, 6) is 0.470. The van der Waals surface area contributed by atoms with E-state index in [0.29, 0.717) is 36.8 Å². The van der Waals surface area contributed by atoms with Gasteiger partial charge in [-0.25, -0.2) is 4.79 Å². The van der Waals surface area contributed by atoms with Gasteiger partial charge in [-0.15, -0.1) is 0 Å². The summed E-state index contributed by atoms with van der Waals surface area (Å²) in [6.07, 6.45) is 0. The van der Waals surface area contributed by atoms with Crippen molar-refractivity contribution in [2.45, 2.75) is 6.04 Å². The van der Waals surface area contributed by atoms with Gasteiger partial charge in [0.05, 0.1) is 11.3 Å². The average molecular weight is 308 g/mol. The Balaban J connectivity index is 1.92. The van der Waals surface area contributed by atoms with Crippen LogP contribution < -0.4 is 10.1 Å². The predicted molar refractivity (Wildman–Crippen MR) is 80.2 cm³/mol. The van der Waals surface area contributed by atoms with Gasteiger partial charge in [-0.1, -0.05) is 6.07 Å². The molecule has 6 nitrogen and oxygen atoms in total. The molecule has 0 bridgehead atoms. The number of aliphatic carboxylic acids is 1. The van der Waals surface area contributed by atoms with Crippen molar-refractivity contribution in [1.82, 2.24) is 4.90 Å². The first-order valence-electron chi connectivity index (χ1n) is 6.79. The molecular formula is C14H16N2O4S. The van der Waals surface area contributed by atoms with Gasteiger partial charge >= 0.3 is 5.97 Å². The normalized spacial score (nSPS) is 21.0. The van der Waals surface area contributed by atoms with E-state index >= 15 is 0 Å². The number of hydrogen-bond acceptors (Lipinski definition) is 5. The summed E-state index contributed by atoms with van der Waals surface area (Å²) in [7, 11) is 0. The van der Waals surface area contributed by atoms with Crippen LogP contribution in [0.3, 0.4) is 0 Å². The molecule has 0 radical (unpaired) electrons. The minimum Gasteiger partial charge on any atom is -0.489 e. The minimum atomic E-state index is -0.959. The van der Waals surface area contributed by atoms with Gasteiger partial charge in [-0.3, -0.25) is 4.79 Å². The van der Waals surface area contributed by atoms with Crippen molar-refractivity contribution in [3.05, 3.63) is 23.8 Å². The number of thioether (sulfide) groups is 1. The molecular weight excluding hydrogens is 292 g/mol. The standard InChI is InChI=1S/C14H16N2O4S/c17-13(16-5-7-21-8-11(16)14(18)19)9-2-1-3-10-12(9)20-6-4-15-10/h1-3,11,15H,4-8H2,(H,18,19). The number of nitrogens with zero attached hydrogens (tertiary/aromatic N) is 1. The number of nitrogens with one attached hydrogen (secondary N) is 1. The first-order chi connectivity index (χ1) is 10.2. The Morgan fingerprint density at radius 1 is 1.43 bits per heavy atom. The maximum Gasteiger partial charge on any atom is 0.327 e. The maximum atomic E-state index is 12.7. The van der Waals surface area contributed by atoms with Crippen LogP contribution >= 0.6 is 11.8 Å². The van der Waals surface area contributed by atoms with E-state index in [4.69, 9.17) is 4.74 Å². The third kappa shape index (κ3) is 2.65. The molecule has 2 aliphatic heterocycles. The Morgan fingerprint density at radius 2 is 2.29 bits per heavy atom. The highest BCUT2D eigenvalue weighted by Gasteiger charge is 2.34. The van der Waals surface area contributed by atoms with Crippen molar-refractivity contribution in [2.24, 2.45) is 0 Å². The van der Waals surface area contributed by atoms with E-state index in [2.05, 4.69) is 5.32 Å². The maximum absolute atomic E-state index is 12.7. The van der Waals surface area contributed by atoms with Crippen LogP contribution in [0.1, 0.15) is 10.4 Å². The molecule has 0 aromatic heterocycles. The van der Waals surface area contributed by atoms with Gasteiger partial charge in [0.2, 0.25) is 0 Å². The smallest absolute Gasteiger partial charge is 0.327 e. The lowest BCUT2D eigenvalue weighted by atomic mass is 10.1. The summed E-state index contributed by atoms with van der Waals surface area (Å²) in [5, 5.41) is 12.5. The minimum absolute atomic E-state index is 0.275. The molecule has 21 heavy (non-hydrogen) atoms. The molecule has 3 rings (SSSR count). The first-order valence-corrected chi connectivity index (χ1v) is 7.95.